The van der Waals surface area contributed by atoms with Crippen LogP contribution in [0.5, 0.6) is 0 Å². The summed E-state index contributed by atoms with van der Waals surface area (Å²) in [7, 11) is 0. The van der Waals surface area contributed by atoms with Gasteiger partial charge in [0.15, 0.2) is 5.13 Å². The zero-order valence-corrected chi connectivity index (χ0v) is 20.8. The molecule has 0 unspecified atom stereocenters. The van der Waals surface area contributed by atoms with Crippen molar-refractivity contribution < 1.29 is 9.59 Å². The molecule has 2 amide bonds. The largest absolute Gasteiger partial charge is 0.356 e. The van der Waals surface area contributed by atoms with Crippen molar-refractivity contribution in [3.05, 3.63) is 35.4 Å². The number of fused-ring (bicyclic) bond motifs is 1. The molecule has 2 N–H and O–H groups in total. The van der Waals surface area contributed by atoms with Crippen LogP contribution in [0.1, 0.15) is 38.5 Å². The molecule has 2 bridgehead atoms. The van der Waals surface area contributed by atoms with Gasteiger partial charge in [-0.25, -0.2) is 4.98 Å². The van der Waals surface area contributed by atoms with Crippen LogP contribution in [0.2, 0.25) is 5.02 Å². The number of aromatic nitrogens is 1. The van der Waals surface area contributed by atoms with E-state index in [0.29, 0.717) is 16.7 Å². The van der Waals surface area contributed by atoms with Crippen molar-refractivity contribution in [1.29, 1.82) is 0 Å². The minimum atomic E-state index is -0.335. The van der Waals surface area contributed by atoms with Gasteiger partial charge in [0.05, 0.1) is 22.1 Å². The standard InChI is InChI=1S/C26H31ClN4O2S/c27-16-5-8-19-20(15-16)34-25(29-19)30-24(33)22-18-7-6-17(26(18)9-10-26)21(22)23(32)28-11-1-2-12-31-13-3-4-14-31/h5-8,15,17-18,21-22H,1-4,9-14H2,(H,28,32)(H,29,30,33)/t17-,18+,21-,22-/m1/s1. The number of thiazole rings is 1. The van der Waals surface area contributed by atoms with Gasteiger partial charge in [0.2, 0.25) is 11.8 Å². The molecule has 2 heterocycles. The molecular formula is C26H31ClN4O2S. The summed E-state index contributed by atoms with van der Waals surface area (Å²) in [6, 6.07) is 5.53. The summed E-state index contributed by atoms with van der Waals surface area (Å²) in [5.74, 6) is -0.347. The predicted octanol–water partition coefficient (Wildman–Crippen LogP) is 4.71. The Labute approximate surface area is 209 Å². The van der Waals surface area contributed by atoms with Crippen molar-refractivity contribution in [2.75, 3.05) is 31.5 Å². The molecule has 34 heavy (non-hydrogen) atoms. The Balaban J connectivity index is 1.12. The number of hydrogen-bond acceptors (Lipinski definition) is 5. The van der Waals surface area contributed by atoms with Crippen LogP contribution in [-0.2, 0) is 9.59 Å². The van der Waals surface area contributed by atoms with Gasteiger partial charge in [0, 0.05) is 11.6 Å². The summed E-state index contributed by atoms with van der Waals surface area (Å²) in [6.07, 6.45) is 11.3. The molecule has 2 saturated carbocycles. The van der Waals surface area contributed by atoms with Crippen LogP contribution in [-0.4, -0.2) is 47.9 Å². The second-order valence-electron chi connectivity index (χ2n) is 10.4. The van der Waals surface area contributed by atoms with E-state index in [9.17, 15) is 9.59 Å². The molecule has 1 aromatic carbocycles. The number of halogens is 1. The first kappa shape index (κ1) is 22.5. The maximum atomic E-state index is 13.5. The summed E-state index contributed by atoms with van der Waals surface area (Å²) >= 11 is 7.53. The van der Waals surface area contributed by atoms with Gasteiger partial charge in [-0.3, -0.25) is 9.59 Å². The molecule has 180 valence electrons. The van der Waals surface area contributed by atoms with E-state index >= 15 is 0 Å². The van der Waals surface area contributed by atoms with Gasteiger partial charge in [0.1, 0.15) is 0 Å². The fourth-order valence-corrected chi connectivity index (χ4v) is 7.79. The van der Waals surface area contributed by atoms with Gasteiger partial charge in [-0.2, -0.15) is 0 Å². The lowest BCUT2D eigenvalue weighted by Crippen LogP contribution is -2.42. The molecule has 6 nitrogen and oxygen atoms in total. The molecule has 0 radical (unpaired) electrons. The normalized spacial score (nSPS) is 28.7. The SMILES string of the molecule is O=C(NCCCCN1CCCC1)[C@H]1[C@H](C(=O)Nc2nc3ccc(Cl)cc3s2)[C@@H]2C=C[C@H]1C21CC1. The Bertz CT molecular complexity index is 1140. The second-order valence-corrected chi connectivity index (χ2v) is 11.9. The molecule has 3 aliphatic carbocycles. The lowest BCUT2D eigenvalue weighted by Gasteiger charge is -2.26. The first-order valence-electron chi connectivity index (χ1n) is 12.6. The number of rotatable bonds is 8. The first-order valence-corrected chi connectivity index (χ1v) is 13.8. The van der Waals surface area contributed by atoms with Crippen LogP contribution >= 0.6 is 22.9 Å². The van der Waals surface area contributed by atoms with Crippen molar-refractivity contribution in [2.45, 2.75) is 38.5 Å². The van der Waals surface area contributed by atoms with Gasteiger partial charge in [-0.15, -0.1) is 0 Å². The number of nitrogens with zero attached hydrogens (tertiary/aromatic N) is 2. The number of unbranched alkanes of at least 4 members (excludes halogenated alkanes) is 1. The Morgan fingerprint density at radius 2 is 1.82 bits per heavy atom. The predicted molar refractivity (Wildman–Crippen MR) is 136 cm³/mol. The first-order chi connectivity index (χ1) is 16.5. The van der Waals surface area contributed by atoms with Crippen LogP contribution in [0.4, 0.5) is 5.13 Å². The summed E-state index contributed by atoms with van der Waals surface area (Å²) in [4.78, 5) is 33.9. The highest BCUT2D eigenvalue weighted by atomic mass is 35.5. The molecular weight excluding hydrogens is 468 g/mol. The van der Waals surface area contributed by atoms with Crippen molar-refractivity contribution in [3.8, 4) is 0 Å². The van der Waals surface area contributed by atoms with E-state index in [-0.39, 0.29) is 40.9 Å². The summed E-state index contributed by atoms with van der Waals surface area (Å²) in [5.41, 5.74) is 0.945. The lowest BCUT2D eigenvalue weighted by atomic mass is 9.81. The molecule has 1 aromatic heterocycles. The van der Waals surface area contributed by atoms with Crippen LogP contribution in [0.25, 0.3) is 10.2 Å². The molecule has 6 rings (SSSR count). The number of allylic oxidation sites excluding steroid dienone is 2. The number of carbonyl (C=O) groups excluding carboxylic acids is 2. The highest BCUT2D eigenvalue weighted by molar-refractivity contribution is 7.22. The van der Waals surface area contributed by atoms with Crippen LogP contribution in [0.3, 0.4) is 0 Å². The Morgan fingerprint density at radius 1 is 1.09 bits per heavy atom. The third-order valence-corrected chi connectivity index (χ3v) is 9.60. The Hall–Kier alpha value is -1.96. The molecule has 4 aliphatic rings. The van der Waals surface area contributed by atoms with E-state index in [2.05, 4.69) is 32.7 Å². The quantitative estimate of drug-likeness (QED) is 0.408. The lowest BCUT2D eigenvalue weighted by molar-refractivity contribution is -0.132. The summed E-state index contributed by atoms with van der Waals surface area (Å²) in [6.45, 7) is 4.23. The van der Waals surface area contributed by atoms with Crippen LogP contribution in [0, 0.1) is 29.1 Å². The minimum absolute atomic E-state index is 0.0422. The Kier molecular flexibility index (Phi) is 5.90. The zero-order chi connectivity index (χ0) is 23.3. The highest BCUT2D eigenvalue weighted by Crippen LogP contribution is 2.72. The molecule has 1 spiro atoms. The molecule has 2 aromatic rings. The van der Waals surface area contributed by atoms with Gasteiger partial charge < -0.3 is 15.5 Å². The fourth-order valence-electron chi connectivity index (χ4n) is 6.65. The van der Waals surface area contributed by atoms with Gasteiger partial charge in [-0.05, 0) is 93.6 Å². The maximum absolute atomic E-state index is 13.5. The number of likely N-dealkylation sites (tertiary alicyclic amines) is 1. The number of amides is 2. The van der Waals surface area contributed by atoms with Gasteiger partial charge in [-0.1, -0.05) is 35.1 Å². The van der Waals surface area contributed by atoms with E-state index in [4.69, 9.17) is 11.6 Å². The molecule has 3 fully saturated rings. The van der Waals surface area contributed by atoms with Crippen molar-refractivity contribution in [2.24, 2.45) is 29.1 Å². The third-order valence-electron chi connectivity index (χ3n) is 8.43. The zero-order valence-electron chi connectivity index (χ0n) is 19.3. The average Bonchev–Trinajstić information content (AvgIpc) is 3.11. The number of nitrogens with one attached hydrogen (secondary N) is 2. The summed E-state index contributed by atoms with van der Waals surface area (Å²) in [5, 5.41) is 7.44. The molecule has 1 aliphatic heterocycles. The maximum Gasteiger partial charge on any atom is 0.230 e. The summed E-state index contributed by atoms with van der Waals surface area (Å²) < 4.78 is 0.942. The van der Waals surface area contributed by atoms with Crippen LogP contribution < -0.4 is 10.6 Å². The van der Waals surface area contributed by atoms with E-state index < -0.39 is 0 Å². The van der Waals surface area contributed by atoms with Crippen molar-refractivity contribution in [1.82, 2.24) is 15.2 Å². The average molecular weight is 499 g/mol. The van der Waals surface area contributed by atoms with Crippen LogP contribution in [0.15, 0.2) is 30.4 Å². The smallest absolute Gasteiger partial charge is 0.230 e. The van der Waals surface area contributed by atoms with Crippen molar-refractivity contribution in [3.63, 3.8) is 0 Å². The fraction of sp³-hybridized carbons (Fsp3) is 0.577. The van der Waals surface area contributed by atoms with Gasteiger partial charge >= 0.3 is 0 Å². The molecule has 8 heteroatoms. The molecule has 1 saturated heterocycles. The minimum Gasteiger partial charge on any atom is -0.356 e. The third kappa shape index (κ3) is 3.95. The number of hydrogen-bond donors (Lipinski definition) is 2. The molecule has 4 atom stereocenters. The monoisotopic (exact) mass is 498 g/mol. The topological polar surface area (TPSA) is 74.3 Å². The van der Waals surface area contributed by atoms with E-state index in [0.717, 1.165) is 42.4 Å². The van der Waals surface area contributed by atoms with E-state index in [1.165, 1.54) is 37.3 Å². The Morgan fingerprint density at radius 3 is 2.56 bits per heavy atom. The number of anilines is 1. The number of carbonyl (C=O) groups is 2. The number of benzene rings is 1. The van der Waals surface area contributed by atoms with Crippen molar-refractivity contribution >= 4 is 50.1 Å². The highest BCUT2D eigenvalue weighted by Gasteiger charge is 2.69. The van der Waals surface area contributed by atoms with E-state index in [1.54, 1.807) is 6.07 Å². The van der Waals surface area contributed by atoms with Gasteiger partial charge in [0.25, 0.3) is 0 Å². The second kappa shape index (κ2) is 8.92. The van der Waals surface area contributed by atoms with E-state index in [1.807, 2.05) is 12.1 Å².